The molecular formula is C8H11N5. The minimum absolute atomic E-state index is 0.753. The first kappa shape index (κ1) is 7.97. The van der Waals surface area contributed by atoms with E-state index in [0.29, 0.717) is 0 Å². The largest absolute Gasteiger partial charge is 0.354 e. The number of nitrogens with zero attached hydrogens (tertiary/aromatic N) is 3. The fraction of sp³-hybridized carbons (Fsp3) is 0.375. The standard InChI is InChI=1S/C8H11N5/c1-6-9-3-2-7(12-6)13-8-10-4-5-11-8/h2-3H,4-5H2,1H3,(H2,9,10,11,12,13). The Hall–Kier alpha value is -1.65. The van der Waals surface area contributed by atoms with Gasteiger partial charge in [0, 0.05) is 12.7 Å². The van der Waals surface area contributed by atoms with E-state index in [9.17, 15) is 0 Å². The first-order valence-electron chi connectivity index (χ1n) is 4.19. The van der Waals surface area contributed by atoms with Crippen molar-refractivity contribution in [2.75, 3.05) is 18.4 Å². The molecule has 13 heavy (non-hydrogen) atoms. The van der Waals surface area contributed by atoms with Crippen LogP contribution >= 0.6 is 0 Å². The molecule has 1 aliphatic heterocycles. The molecule has 2 heterocycles. The summed E-state index contributed by atoms with van der Waals surface area (Å²) in [5.41, 5.74) is 0. The van der Waals surface area contributed by atoms with Crippen LogP contribution in [0.2, 0.25) is 0 Å². The molecule has 0 fully saturated rings. The predicted molar refractivity (Wildman–Crippen MR) is 50.7 cm³/mol. The summed E-state index contributed by atoms with van der Waals surface area (Å²) in [5, 5.41) is 6.17. The second-order valence-electron chi connectivity index (χ2n) is 2.77. The van der Waals surface area contributed by atoms with Crippen molar-refractivity contribution in [2.45, 2.75) is 6.92 Å². The monoisotopic (exact) mass is 177 g/mol. The molecule has 0 unspecified atom stereocenters. The highest BCUT2D eigenvalue weighted by atomic mass is 15.2. The van der Waals surface area contributed by atoms with Gasteiger partial charge in [0.05, 0.1) is 6.54 Å². The van der Waals surface area contributed by atoms with Crippen LogP contribution in [0, 0.1) is 6.92 Å². The molecule has 2 N–H and O–H groups in total. The van der Waals surface area contributed by atoms with Crippen LogP contribution in [0.15, 0.2) is 17.3 Å². The quantitative estimate of drug-likeness (QED) is 0.641. The number of aromatic nitrogens is 2. The Balaban J connectivity index is 2.09. The van der Waals surface area contributed by atoms with Gasteiger partial charge >= 0.3 is 0 Å². The molecule has 0 amide bonds. The summed E-state index contributed by atoms with van der Waals surface area (Å²) in [6.45, 7) is 3.58. The van der Waals surface area contributed by atoms with Crippen molar-refractivity contribution in [1.82, 2.24) is 15.3 Å². The van der Waals surface area contributed by atoms with Crippen LogP contribution in [-0.2, 0) is 0 Å². The minimum Gasteiger partial charge on any atom is -0.354 e. The van der Waals surface area contributed by atoms with E-state index < -0.39 is 0 Å². The van der Waals surface area contributed by atoms with Gasteiger partial charge in [0.2, 0.25) is 0 Å². The van der Waals surface area contributed by atoms with E-state index in [1.807, 2.05) is 13.0 Å². The summed E-state index contributed by atoms with van der Waals surface area (Å²) >= 11 is 0. The predicted octanol–water partition coefficient (Wildman–Crippen LogP) is 0.156. The lowest BCUT2D eigenvalue weighted by Gasteiger charge is -2.04. The van der Waals surface area contributed by atoms with E-state index in [-0.39, 0.29) is 0 Å². The van der Waals surface area contributed by atoms with E-state index in [4.69, 9.17) is 0 Å². The summed E-state index contributed by atoms with van der Waals surface area (Å²) in [7, 11) is 0. The molecule has 0 saturated carbocycles. The van der Waals surface area contributed by atoms with Crippen molar-refractivity contribution in [1.29, 1.82) is 0 Å². The molecule has 0 spiro atoms. The van der Waals surface area contributed by atoms with Crippen molar-refractivity contribution >= 4 is 11.8 Å². The molecule has 0 atom stereocenters. The summed E-state index contributed by atoms with van der Waals surface area (Å²) in [4.78, 5) is 12.4. The third kappa shape index (κ3) is 1.93. The Kier molecular flexibility index (Phi) is 2.08. The Morgan fingerprint density at radius 3 is 3.15 bits per heavy atom. The lowest BCUT2D eigenvalue weighted by atomic mass is 10.5. The summed E-state index contributed by atoms with van der Waals surface area (Å²) in [5.74, 6) is 2.32. The van der Waals surface area contributed by atoms with Crippen LogP contribution < -0.4 is 10.6 Å². The Morgan fingerprint density at radius 1 is 1.54 bits per heavy atom. The molecule has 2 rings (SSSR count). The number of nitrogens with one attached hydrogen (secondary N) is 2. The average Bonchev–Trinajstić information content (AvgIpc) is 2.57. The fourth-order valence-electron chi connectivity index (χ4n) is 1.13. The number of aliphatic imine (C=N–C) groups is 1. The number of guanidine groups is 1. The maximum atomic E-state index is 4.19. The van der Waals surface area contributed by atoms with Crippen LogP contribution in [0.5, 0.6) is 0 Å². The van der Waals surface area contributed by atoms with Crippen molar-refractivity contribution in [3.05, 3.63) is 18.1 Å². The molecule has 1 aromatic rings. The number of rotatable bonds is 1. The average molecular weight is 177 g/mol. The zero-order valence-electron chi connectivity index (χ0n) is 7.41. The van der Waals surface area contributed by atoms with Crippen LogP contribution in [0.4, 0.5) is 5.82 Å². The van der Waals surface area contributed by atoms with Gasteiger partial charge in [-0.2, -0.15) is 0 Å². The van der Waals surface area contributed by atoms with Gasteiger partial charge in [-0.1, -0.05) is 0 Å². The summed E-state index contributed by atoms with van der Waals surface area (Å²) < 4.78 is 0. The maximum Gasteiger partial charge on any atom is 0.197 e. The first-order valence-corrected chi connectivity index (χ1v) is 4.19. The van der Waals surface area contributed by atoms with Gasteiger partial charge in [-0.05, 0) is 13.0 Å². The van der Waals surface area contributed by atoms with Gasteiger partial charge in [0.25, 0.3) is 0 Å². The summed E-state index contributed by atoms with van der Waals surface area (Å²) in [6, 6.07) is 1.82. The number of anilines is 1. The van der Waals surface area contributed by atoms with Gasteiger partial charge in [0.1, 0.15) is 11.6 Å². The Bertz CT molecular complexity index is 333. The molecule has 5 nitrogen and oxygen atoms in total. The number of hydrogen-bond donors (Lipinski definition) is 2. The minimum atomic E-state index is 0.753. The lowest BCUT2D eigenvalue weighted by molar-refractivity contribution is 0.958. The molecule has 0 saturated heterocycles. The van der Waals surface area contributed by atoms with Gasteiger partial charge in [-0.25, -0.2) is 9.97 Å². The number of aryl methyl sites for hydroxylation is 1. The van der Waals surface area contributed by atoms with Crippen LogP contribution in [-0.4, -0.2) is 29.0 Å². The highest BCUT2D eigenvalue weighted by Crippen LogP contribution is 2.01. The van der Waals surface area contributed by atoms with Gasteiger partial charge < -0.3 is 10.6 Å². The number of hydrogen-bond acceptors (Lipinski definition) is 5. The maximum absolute atomic E-state index is 4.19. The Labute approximate surface area is 76.3 Å². The third-order valence-corrected chi connectivity index (χ3v) is 1.70. The second kappa shape index (κ2) is 3.38. The van der Waals surface area contributed by atoms with Gasteiger partial charge in [-0.3, -0.25) is 4.99 Å². The van der Waals surface area contributed by atoms with E-state index in [1.165, 1.54) is 0 Å². The normalized spacial score (nSPS) is 15.0. The topological polar surface area (TPSA) is 62.2 Å². The smallest absolute Gasteiger partial charge is 0.197 e. The first-order chi connectivity index (χ1) is 6.34. The molecule has 0 aromatic carbocycles. The molecule has 68 valence electrons. The van der Waals surface area contributed by atoms with Crippen molar-refractivity contribution < 1.29 is 0 Å². The van der Waals surface area contributed by atoms with Crippen molar-refractivity contribution in [3.63, 3.8) is 0 Å². The van der Waals surface area contributed by atoms with E-state index in [1.54, 1.807) is 6.20 Å². The van der Waals surface area contributed by atoms with Crippen LogP contribution in [0.3, 0.4) is 0 Å². The molecule has 0 aliphatic carbocycles. The summed E-state index contributed by atoms with van der Waals surface area (Å²) in [6.07, 6.45) is 1.72. The molecule has 5 heteroatoms. The molecular weight excluding hydrogens is 166 g/mol. The zero-order valence-corrected chi connectivity index (χ0v) is 7.41. The molecule has 1 aromatic heterocycles. The van der Waals surface area contributed by atoms with E-state index in [0.717, 1.165) is 30.7 Å². The van der Waals surface area contributed by atoms with E-state index in [2.05, 4.69) is 25.6 Å². The van der Waals surface area contributed by atoms with Crippen LogP contribution in [0.1, 0.15) is 5.82 Å². The SMILES string of the molecule is Cc1nccc(NC2=NCCN2)n1. The van der Waals surface area contributed by atoms with Gasteiger partial charge in [-0.15, -0.1) is 0 Å². The zero-order chi connectivity index (χ0) is 9.10. The second-order valence-corrected chi connectivity index (χ2v) is 2.77. The molecule has 1 aliphatic rings. The molecule has 0 radical (unpaired) electrons. The highest BCUT2D eigenvalue weighted by Gasteiger charge is 2.04. The van der Waals surface area contributed by atoms with E-state index >= 15 is 0 Å². The Morgan fingerprint density at radius 2 is 2.46 bits per heavy atom. The lowest BCUT2D eigenvalue weighted by Crippen LogP contribution is -2.26. The van der Waals surface area contributed by atoms with Crippen molar-refractivity contribution in [2.24, 2.45) is 4.99 Å². The van der Waals surface area contributed by atoms with Crippen LogP contribution in [0.25, 0.3) is 0 Å². The van der Waals surface area contributed by atoms with Crippen molar-refractivity contribution in [3.8, 4) is 0 Å². The highest BCUT2D eigenvalue weighted by molar-refractivity contribution is 5.93. The fourth-order valence-corrected chi connectivity index (χ4v) is 1.13. The van der Waals surface area contributed by atoms with Gasteiger partial charge in [0.15, 0.2) is 5.96 Å². The third-order valence-electron chi connectivity index (χ3n) is 1.70. The molecule has 0 bridgehead atoms.